The molecule has 3 aliphatic rings. The first-order chi connectivity index (χ1) is 25.9. The first kappa shape index (κ1) is 32.5. The summed E-state index contributed by atoms with van der Waals surface area (Å²) in [6, 6.07) is 41.7. The molecule has 2 aliphatic carbocycles. The standard InChI is InChI=1S/C51H42N2/c1-5-46-43(42-18-9-11-20-47(42)51(46,3)4)30-32-53-48-21-12-10-19-44(48)45-33-38(25-29-49(45)53)39-24-28-41-35(2)15-13-14-31-52(50(41)34-39)40-26-22-37(23-27-40)36-16-7-6-8-17-36/h5-34,42,47H,1-2H2,3-4H3/b15-13-,31-14-,32-30-. The number of fused-ring (bicyclic) bond motifs is 5. The van der Waals surface area contributed by atoms with Crippen LogP contribution in [0.1, 0.15) is 19.4 Å². The summed E-state index contributed by atoms with van der Waals surface area (Å²) in [7, 11) is 0. The molecule has 2 heteroatoms. The van der Waals surface area contributed by atoms with Crippen molar-refractivity contribution in [1.29, 1.82) is 0 Å². The molecule has 2 nitrogen and oxygen atoms in total. The molecule has 256 valence electrons. The predicted molar refractivity (Wildman–Crippen MR) is 228 cm³/mol. The molecule has 0 saturated heterocycles. The first-order valence-corrected chi connectivity index (χ1v) is 18.5. The highest BCUT2D eigenvalue weighted by Gasteiger charge is 2.44. The van der Waals surface area contributed by atoms with E-state index in [9.17, 15) is 0 Å². The molecule has 0 saturated carbocycles. The number of para-hydroxylation sites is 1. The number of nitrogens with zero attached hydrogens (tertiary/aromatic N) is 2. The van der Waals surface area contributed by atoms with Crippen molar-refractivity contribution >= 4 is 45.0 Å². The van der Waals surface area contributed by atoms with E-state index in [1.807, 2.05) is 0 Å². The van der Waals surface area contributed by atoms with E-state index >= 15 is 0 Å². The SMILES string of the molecule is C=CC1=C(/C=C\n2c3ccccc3c3cc(-c4ccc5c(c4)N(c4ccc(-c6ccccc6)cc4)/C=C\C=C/C5=C)ccc32)C2C=CC=CC2C1(C)C. The number of rotatable bonds is 6. The van der Waals surface area contributed by atoms with Crippen LogP contribution in [0.15, 0.2) is 200 Å². The molecule has 2 unspecified atom stereocenters. The zero-order valence-corrected chi connectivity index (χ0v) is 30.3. The van der Waals surface area contributed by atoms with Gasteiger partial charge in [-0.15, -0.1) is 0 Å². The van der Waals surface area contributed by atoms with Crippen LogP contribution in [-0.4, -0.2) is 4.57 Å². The van der Waals surface area contributed by atoms with Crippen molar-refractivity contribution in [2.24, 2.45) is 17.3 Å². The Bertz CT molecular complexity index is 2610. The summed E-state index contributed by atoms with van der Waals surface area (Å²) in [5.41, 5.74) is 14.1. The van der Waals surface area contributed by atoms with Crippen LogP contribution in [-0.2, 0) is 0 Å². The highest BCUT2D eigenvalue weighted by molar-refractivity contribution is 6.10. The summed E-state index contributed by atoms with van der Waals surface area (Å²) in [5, 5.41) is 2.48. The van der Waals surface area contributed by atoms with Gasteiger partial charge in [0.15, 0.2) is 0 Å². The van der Waals surface area contributed by atoms with Crippen molar-refractivity contribution in [3.63, 3.8) is 0 Å². The fourth-order valence-corrected chi connectivity index (χ4v) is 8.73. The molecular weight excluding hydrogens is 641 g/mol. The van der Waals surface area contributed by atoms with E-state index in [-0.39, 0.29) is 5.41 Å². The molecule has 0 spiro atoms. The van der Waals surface area contributed by atoms with Crippen LogP contribution in [0.2, 0.25) is 0 Å². The summed E-state index contributed by atoms with van der Waals surface area (Å²) < 4.78 is 2.35. The van der Waals surface area contributed by atoms with E-state index < -0.39 is 0 Å². The van der Waals surface area contributed by atoms with E-state index in [4.69, 9.17) is 0 Å². The maximum Gasteiger partial charge on any atom is 0.0539 e. The third-order valence-corrected chi connectivity index (χ3v) is 11.5. The monoisotopic (exact) mass is 682 g/mol. The van der Waals surface area contributed by atoms with E-state index in [0.29, 0.717) is 11.8 Å². The number of hydrogen-bond acceptors (Lipinski definition) is 1. The Morgan fingerprint density at radius 3 is 2.19 bits per heavy atom. The molecule has 6 aromatic rings. The minimum atomic E-state index is 0.0235. The lowest BCUT2D eigenvalue weighted by Crippen LogP contribution is -2.23. The number of benzene rings is 5. The first-order valence-electron chi connectivity index (χ1n) is 18.5. The van der Waals surface area contributed by atoms with Gasteiger partial charge in [-0.05, 0) is 98.9 Å². The molecule has 2 heterocycles. The van der Waals surface area contributed by atoms with Gasteiger partial charge in [-0.2, -0.15) is 0 Å². The van der Waals surface area contributed by atoms with Gasteiger partial charge in [-0.25, -0.2) is 0 Å². The molecule has 0 fully saturated rings. The van der Waals surface area contributed by atoms with Gasteiger partial charge in [0.25, 0.3) is 0 Å². The second-order valence-electron chi connectivity index (χ2n) is 14.8. The summed E-state index contributed by atoms with van der Waals surface area (Å²) in [6.07, 6.45) is 24.1. The molecule has 0 amide bonds. The second kappa shape index (κ2) is 13.0. The van der Waals surface area contributed by atoms with Crippen LogP contribution in [0.4, 0.5) is 11.4 Å². The summed E-state index contributed by atoms with van der Waals surface area (Å²) in [4.78, 5) is 2.27. The van der Waals surface area contributed by atoms with Crippen molar-refractivity contribution in [2.75, 3.05) is 4.90 Å². The van der Waals surface area contributed by atoms with Gasteiger partial charge in [-0.1, -0.05) is 148 Å². The van der Waals surface area contributed by atoms with Crippen LogP contribution < -0.4 is 4.90 Å². The highest BCUT2D eigenvalue weighted by Crippen LogP contribution is 2.53. The molecule has 9 rings (SSSR count). The van der Waals surface area contributed by atoms with Gasteiger partial charge >= 0.3 is 0 Å². The largest absolute Gasteiger partial charge is 0.317 e. The Balaban J connectivity index is 1.12. The Kier molecular flexibility index (Phi) is 7.97. The van der Waals surface area contributed by atoms with Crippen LogP contribution in [0, 0.1) is 17.3 Å². The van der Waals surface area contributed by atoms with E-state index in [0.717, 1.165) is 28.1 Å². The van der Waals surface area contributed by atoms with Crippen LogP contribution in [0.5, 0.6) is 0 Å². The fraction of sp³-hybridized carbons (Fsp3) is 0.0980. The normalized spacial score (nSPS) is 20.1. The summed E-state index contributed by atoms with van der Waals surface area (Å²) >= 11 is 0. The van der Waals surface area contributed by atoms with Crippen molar-refractivity contribution in [3.8, 4) is 22.3 Å². The van der Waals surface area contributed by atoms with Gasteiger partial charge in [0, 0.05) is 40.3 Å². The topological polar surface area (TPSA) is 8.17 Å². The van der Waals surface area contributed by atoms with Gasteiger partial charge in [0.05, 0.1) is 16.7 Å². The third kappa shape index (κ3) is 5.50. The van der Waals surface area contributed by atoms with Crippen molar-refractivity contribution in [2.45, 2.75) is 13.8 Å². The molecule has 0 radical (unpaired) electrons. The minimum Gasteiger partial charge on any atom is -0.317 e. The van der Waals surface area contributed by atoms with Gasteiger partial charge in [0.1, 0.15) is 0 Å². The highest BCUT2D eigenvalue weighted by atomic mass is 15.1. The van der Waals surface area contributed by atoms with Gasteiger partial charge < -0.3 is 9.47 Å². The van der Waals surface area contributed by atoms with Crippen LogP contribution in [0.3, 0.4) is 0 Å². The Hall–Kier alpha value is -6.38. The summed E-state index contributed by atoms with van der Waals surface area (Å²) in [6.45, 7) is 13.4. The lowest BCUT2D eigenvalue weighted by atomic mass is 9.73. The lowest BCUT2D eigenvalue weighted by Gasteiger charge is -2.30. The second-order valence-corrected chi connectivity index (χ2v) is 14.8. The number of aromatic nitrogens is 1. The maximum atomic E-state index is 4.43. The van der Waals surface area contributed by atoms with Crippen LogP contribution >= 0.6 is 0 Å². The number of allylic oxidation sites excluding steroid dienone is 12. The van der Waals surface area contributed by atoms with Crippen molar-refractivity contribution in [3.05, 3.63) is 206 Å². The quantitative estimate of drug-likeness (QED) is 0.170. The zero-order valence-electron chi connectivity index (χ0n) is 30.3. The van der Waals surface area contributed by atoms with E-state index in [1.165, 1.54) is 49.6 Å². The fourth-order valence-electron chi connectivity index (χ4n) is 8.73. The molecule has 1 aliphatic heterocycles. The minimum absolute atomic E-state index is 0.0235. The smallest absolute Gasteiger partial charge is 0.0539 e. The third-order valence-electron chi connectivity index (χ3n) is 11.5. The van der Waals surface area contributed by atoms with Crippen molar-refractivity contribution < 1.29 is 0 Å². The van der Waals surface area contributed by atoms with Crippen molar-refractivity contribution in [1.82, 2.24) is 4.57 Å². The van der Waals surface area contributed by atoms with Gasteiger partial charge in [-0.3, -0.25) is 0 Å². The molecular formula is C51H42N2. The maximum absolute atomic E-state index is 4.43. The van der Waals surface area contributed by atoms with Crippen LogP contribution in [0.25, 0.3) is 55.8 Å². The Labute approximate surface area is 312 Å². The molecule has 5 aromatic carbocycles. The zero-order chi connectivity index (χ0) is 36.1. The van der Waals surface area contributed by atoms with E-state index in [2.05, 4.69) is 219 Å². The summed E-state index contributed by atoms with van der Waals surface area (Å²) in [5.74, 6) is 0.777. The Morgan fingerprint density at radius 2 is 1.36 bits per heavy atom. The lowest BCUT2D eigenvalue weighted by molar-refractivity contribution is 0.321. The molecule has 0 N–H and O–H groups in total. The average molecular weight is 683 g/mol. The van der Waals surface area contributed by atoms with E-state index in [1.54, 1.807) is 0 Å². The van der Waals surface area contributed by atoms with Gasteiger partial charge in [0.2, 0.25) is 0 Å². The average Bonchev–Trinajstić information content (AvgIpc) is 3.63. The Morgan fingerprint density at radius 1 is 0.660 bits per heavy atom. The molecule has 53 heavy (non-hydrogen) atoms. The number of anilines is 2. The predicted octanol–water partition coefficient (Wildman–Crippen LogP) is 13.7. The number of hydrogen-bond donors (Lipinski definition) is 0. The molecule has 1 aromatic heterocycles. The molecule has 2 atom stereocenters. The molecule has 0 bridgehead atoms.